The van der Waals surface area contributed by atoms with Crippen LogP contribution in [0.25, 0.3) is 64.0 Å². The smallest absolute Gasteiger partial charge is 0.137 e. The van der Waals surface area contributed by atoms with E-state index in [0.29, 0.717) is 0 Å². The first-order valence-corrected chi connectivity index (χ1v) is 19.7. The normalized spacial score (nSPS) is 11.6. The van der Waals surface area contributed by atoms with Gasteiger partial charge >= 0.3 is 0 Å². The molecule has 0 saturated heterocycles. The average Bonchev–Trinajstić information content (AvgIpc) is 3.84. The number of fused-ring (bicyclic) bond motifs is 7. The maximum Gasteiger partial charge on any atom is 0.137 e. The molecule has 3 nitrogen and oxygen atoms in total. The summed E-state index contributed by atoms with van der Waals surface area (Å²) in [4.78, 5) is 4.73. The molecule has 4 heteroatoms. The second-order valence-corrected chi connectivity index (χ2v) is 15.2. The van der Waals surface area contributed by atoms with Gasteiger partial charge in [-0.2, -0.15) is 0 Å². The summed E-state index contributed by atoms with van der Waals surface area (Å²) in [6.07, 6.45) is 0. The van der Waals surface area contributed by atoms with Crippen molar-refractivity contribution in [2.24, 2.45) is 0 Å². The van der Waals surface area contributed by atoms with Crippen molar-refractivity contribution in [3.8, 4) is 11.1 Å². The van der Waals surface area contributed by atoms with Gasteiger partial charge in [0.1, 0.15) is 11.2 Å². The summed E-state index contributed by atoms with van der Waals surface area (Å²) in [5.74, 6) is 0. The Labute approximate surface area is 328 Å². The summed E-state index contributed by atoms with van der Waals surface area (Å²) in [5.41, 5.74) is 10.8. The van der Waals surface area contributed by atoms with Crippen LogP contribution >= 0.6 is 11.3 Å². The molecule has 0 spiro atoms. The largest absolute Gasteiger partial charge is 0.456 e. The third kappa shape index (κ3) is 5.34. The molecule has 2 aromatic heterocycles. The van der Waals surface area contributed by atoms with Crippen LogP contribution in [0.15, 0.2) is 211 Å². The van der Waals surface area contributed by atoms with Gasteiger partial charge in [0.2, 0.25) is 0 Å². The zero-order chi connectivity index (χ0) is 37.0. The van der Waals surface area contributed by atoms with Crippen LogP contribution in [0.1, 0.15) is 0 Å². The van der Waals surface area contributed by atoms with Crippen molar-refractivity contribution in [1.82, 2.24) is 0 Å². The summed E-state index contributed by atoms with van der Waals surface area (Å²) in [6, 6.07) is 73.8. The molecule has 0 amide bonds. The van der Waals surface area contributed by atoms with E-state index in [1.807, 2.05) is 23.5 Å². The predicted octanol–water partition coefficient (Wildman–Crippen LogP) is 15.7. The van der Waals surface area contributed by atoms with Crippen LogP contribution in [0.3, 0.4) is 0 Å². The molecule has 2 heterocycles. The van der Waals surface area contributed by atoms with Crippen molar-refractivity contribution in [2.75, 3.05) is 9.80 Å². The average molecular weight is 735 g/mol. The number of hydrogen-bond donors (Lipinski definition) is 0. The summed E-state index contributed by atoms with van der Waals surface area (Å²) in [7, 11) is 0. The Morgan fingerprint density at radius 3 is 1.68 bits per heavy atom. The van der Waals surface area contributed by atoms with Crippen molar-refractivity contribution >= 4 is 98.3 Å². The summed E-state index contributed by atoms with van der Waals surface area (Å²) in [5, 5.41) is 7.18. The Morgan fingerprint density at radius 1 is 0.339 bits per heavy atom. The van der Waals surface area contributed by atoms with E-state index in [9.17, 15) is 0 Å². The van der Waals surface area contributed by atoms with E-state index in [2.05, 4.69) is 204 Å². The minimum absolute atomic E-state index is 0.874. The maximum atomic E-state index is 6.37. The maximum absolute atomic E-state index is 6.37. The molecule has 0 saturated carbocycles. The number of rotatable bonds is 7. The highest BCUT2D eigenvalue weighted by Gasteiger charge is 2.21. The number of thiophene rings is 1. The molecular weight excluding hydrogens is 701 g/mol. The number of para-hydroxylation sites is 3. The molecule has 0 atom stereocenters. The fourth-order valence-electron chi connectivity index (χ4n) is 8.32. The summed E-state index contributed by atoms with van der Waals surface area (Å²) in [6.45, 7) is 0. The third-order valence-electron chi connectivity index (χ3n) is 10.8. The van der Waals surface area contributed by atoms with Crippen LogP contribution in [-0.2, 0) is 0 Å². The summed E-state index contributed by atoms with van der Waals surface area (Å²) < 4.78 is 8.96. The molecule has 264 valence electrons. The van der Waals surface area contributed by atoms with E-state index in [0.717, 1.165) is 50.4 Å². The molecule has 0 radical (unpaired) electrons. The third-order valence-corrected chi connectivity index (χ3v) is 12.0. The molecule has 11 aromatic rings. The first-order chi connectivity index (χ1) is 27.8. The summed E-state index contributed by atoms with van der Waals surface area (Å²) >= 11 is 1.85. The number of nitrogens with zero attached hydrogens (tertiary/aromatic N) is 2. The molecule has 0 aliphatic carbocycles. The molecular formula is C52H34N2OS. The molecule has 0 aliphatic heterocycles. The van der Waals surface area contributed by atoms with E-state index >= 15 is 0 Å². The van der Waals surface area contributed by atoms with Gasteiger partial charge in [-0.05, 0) is 95.4 Å². The van der Waals surface area contributed by atoms with Gasteiger partial charge in [0.05, 0.1) is 11.4 Å². The first kappa shape index (κ1) is 32.3. The predicted molar refractivity (Wildman–Crippen MR) is 239 cm³/mol. The van der Waals surface area contributed by atoms with E-state index in [-0.39, 0.29) is 0 Å². The van der Waals surface area contributed by atoms with Crippen LogP contribution in [-0.4, -0.2) is 0 Å². The minimum atomic E-state index is 0.874. The van der Waals surface area contributed by atoms with Crippen LogP contribution in [0.5, 0.6) is 0 Å². The van der Waals surface area contributed by atoms with Gasteiger partial charge in [-0.25, -0.2) is 0 Å². The monoisotopic (exact) mass is 734 g/mol. The fraction of sp³-hybridized carbons (Fsp3) is 0. The topological polar surface area (TPSA) is 19.6 Å². The number of hydrogen-bond acceptors (Lipinski definition) is 4. The van der Waals surface area contributed by atoms with E-state index in [1.165, 1.54) is 47.8 Å². The minimum Gasteiger partial charge on any atom is -0.456 e. The van der Waals surface area contributed by atoms with Crippen molar-refractivity contribution in [1.29, 1.82) is 0 Å². The van der Waals surface area contributed by atoms with Crippen molar-refractivity contribution in [3.05, 3.63) is 206 Å². The highest BCUT2D eigenvalue weighted by Crippen LogP contribution is 2.46. The molecule has 0 bridgehead atoms. The van der Waals surface area contributed by atoms with Gasteiger partial charge in [0.25, 0.3) is 0 Å². The highest BCUT2D eigenvalue weighted by molar-refractivity contribution is 7.26. The fourth-order valence-corrected chi connectivity index (χ4v) is 9.45. The lowest BCUT2D eigenvalue weighted by molar-refractivity contribution is 0.669. The van der Waals surface area contributed by atoms with Crippen molar-refractivity contribution < 1.29 is 4.42 Å². The van der Waals surface area contributed by atoms with E-state index < -0.39 is 0 Å². The van der Waals surface area contributed by atoms with Crippen LogP contribution in [0, 0.1) is 0 Å². The second-order valence-electron chi connectivity index (χ2n) is 14.1. The Morgan fingerprint density at radius 2 is 0.911 bits per heavy atom. The lowest BCUT2D eigenvalue weighted by Gasteiger charge is -2.28. The van der Waals surface area contributed by atoms with Gasteiger partial charge in [-0.1, -0.05) is 121 Å². The molecule has 11 rings (SSSR count). The zero-order valence-corrected chi connectivity index (χ0v) is 31.2. The lowest BCUT2D eigenvalue weighted by atomic mass is 9.96. The lowest BCUT2D eigenvalue weighted by Crippen LogP contribution is -2.10. The van der Waals surface area contributed by atoms with Crippen molar-refractivity contribution in [3.63, 3.8) is 0 Å². The quantitative estimate of drug-likeness (QED) is 0.163. The van der Waals surface area contributed by atoms with Crippen molar-refractivity contribution in [2.45, 2.75) is 0 Å². The molecule has 56 heavy (non-hydrogen) atoms. The molecule has 9 aromatic carbocycles. The van der Waals surface area contributed by atoms with Gasteiger partial charge in [0, 0.05) is 65.1 Å². The Kier molecular flexibility index (Phi) is 7.68. The molecule has 0 aliphatic rings. The molecule has 0 N–H and O–H groups in total. The van der Waals surface area contributed by atoms with Crippen LogP contribution in [0.4, 0.5) is 34.1 Å². The zero-order valence-electron chi connectivity index (χ0n) is 30.3. The van der Waals surface area contributed by atoms with E-state index in [1.54, 1.807) is 0 Å². The van der Waals surface area contributed by atoms with Gasteiger partial charge in [-0.3, -0.25) is 0 Å². The van der Waals surface area contributed by atoms with Crippen LogP contribution in [0.2, 0.25) is 0 Å². The number of benzene rings is 9. The van der Waals surface area contributed by atoms with E-state index in [4.69, 9.17) is 4.42 Å². The first-order valence-electron chi connectivity index (χ1n) is 18.9. The Balaban J connectivity index is 1.03. The number of furan rings is 1. The van der Waals surface area contributed by atoms with Gasteiger partial charge < -0.3 is 14.2 Å². The Hall–Kier alpha value is -7.14. The standard InChI is InChI=1S/C52H34N2OS/c1-3-14-36(15-4-1)53(47-22-13-25-51-52(47)45-21-10-12-24-50(45)56-51)38-28-26-35(27-29-38)40-32-33-46(42-19-8-7-18-41(40)42)54(37-16-5-2-6-17-37)39-30-31-44-43-20-9-11-23-48(43)55-49(44)34-39/h1-34H. The van der Waals surface area contributed by atoms with Gasteiger partial charge in [-0.15, -0.1) is 11.3 Å². The SMILES string of the molecule is c1ccc(N(c2ccc3c(c2)oc2ccccc23)c2ccc(-c3ccc(N(c4ccccc4)c4cccc5sc6ccccc6c45)cc3)c3ccccc23)cc1. The molecule has 0 unspecified atom stereocenters. The highest BCUT2D eigenvalue weighted by atomic mass is 32.1. The van der Waals surface area contributed by atoms with Crippen LogP contribution < -0.4 is 9.80 Å². The number of anilines is 6. The Bertz CT molecular complexity index is 3200. The second kappa shape index (κ2) is 13.3. The van der Waals surface area contributed by atoms with Gasteiger partial charge in [0.15, 0.2) is 0 Å². The molecule has 0 fully saturated rings.